The van der Waals surface area contributed by atoms with Crippen LogP contribution in [0.5, 0.6) is 0 Å². The normalized spacial score (nSPS) is 10.8. The molecule has 1 rings (SSSR count). The summed E-state index contributed by atoms with van der Waals surface area (Å²) in [7, 11) is -3.64. The van der Waals surface area contributed by atoms with Gasteiger partial charge in [0.2, 0.25) is 0 Å². The van der Waals surface area contributed by atoms with Gasteiger partial charge in [0.1, 0.15) is 5.75 Å². The van der Waals surface area contributed by atoms with Gasteiger partial charge in [-0.05, 0) is 18.2 Å². The maximum atomic E-state index is 11.5. The molecule has 1 aromatic rings. The van der Waals surface area contributed by atoms with Gasteiger partial charge in [0, 0.05) is 0 Å². The first-order chi connectivity index (χ1) is 7.38. The first kappa shape index (κ1) is 12.6. The lowest BCUT2D eigenvalue weighted by atomic mass is 10.2. The van der Waals surface area contributed by atoms with Crippen molar-refractivity contribution in [2.45, 2.75) is 4.90 Å². The highest BCUT2D eigenvalue weighted by Crippen LogP contribution is 2.21. The van der Waals surface area contributed by atoms with Gasteiger partial charge in [0.15, 0.2) is 9.84 Å². The Hall–Kier alpha value is -1.51. The molecule has 0 aliphatic heterocycles. The highest BCUT2D eigenvalue weighted by molar-refractivity contribution is 7.91. The Labute approximate surface area is 97.8 Å². The van der Waals surface area contributed by atoms with Gasteiger partial charge in [-0.1, -0.05) is 17.5 Å². The number of hydrogen-bond donors (Lipinski definition) is 1. The van der Waals surface area contributed by atoms with Gasteiger partial charge >= 0.3 is 5.97 Å². The van der Waals surface area contributed by atoms with Crippen molar-refractivity contribution in [3.63, 3.8) is 0 Å². The van der Waals surface area contributed by atoms with E-state index >= 15 is 0 Å². The molecule has 0 aliphatic rings. The largest absolute Gasteiger partial charge is 0.478 e. The molecule has 0 aliphatic carbocycles. The van der Waals surface area contributed by atoms with Crippen molar-refractivity contribution in [3.05, 3.63) is 28.8 Å². The Morgan fingerprint density at radius 1 is 1.50 bits per heavy atom. The third kappa shape index (κ3) is 2.54. The number of sulfone groups is 1. The Bertz CT molecular complexity index is 569. The smallest absolute Gasteiger partial charge is 0.337 e. The molecule has 6 heteroatoms. The number of aromatic carboxylic acids is 1. The Morgan fingerprint density at radius 3 is 2.62 bits per heavy atom. The predicted octanol–water partition coefficient (Wildman–Crippen LogP) is 1.45. The van der Waals surface area contributed by atoms with Gasteiger partial charge in [-0.2, -0.15) is 0 Å². The van der Waals surface area contributed by atoms with Gasteiger partial charge in [-0.25, -0.2) is 13.2 Å². The zero-order chi connectivity index (χ0) is 12.3. The van der Waals surface area contributed by atoms with E-state index in [1.54, 1.807) is 0 Å². The molecule has 0 bridgehead atoms. The lowest BCUT2D eigenvalue weighted by molar-refractivity contribution is 0.0697. The minimum Gasteiger partial charge on any atom is -0.478 e. The number of carboxylic acid groups (broad SMARTS) is 1. The van der Waals surface area contributed by atoms with Crippen LogP contribution in [0.25, 0.3) is 0 Å². The quantitative estimate of drug-likeness (QED) is 0.833. The number of hydrogen-bond acceptors (Lipinski definition) is 3. The van der Waals surface area contributed by atoms with E-state index in [1.807, 2.05) is 5.92 Å². The Kier molecular flexibility index (Phi) is 3.58. The van der Waals surface area contributed by atoms with Crippen molar-refractivity contribution < 1.29 is 18.3 Å². The topological polar surface area (TPSA) is 71.4 Å². The zero-order valence-corrected chi connectivity index (χ0v) is 9.55. The number of carbonyl (C=O) groups is 1. The predicted molar refractivity (Wildman–Crippen MR) is 59.3 cm³/mol. The second kappa shape index (κ2) is 4.56. The molecule has 0 aromatic heterocycles. The molecule has 0 heterocycles. The van der Waals surface area contributed by atoms with Gasteiger partial charge in [0.05, 0.1) is 15.5 Å². The average Bonchev–Trinajstić information content (AvgIpc) is 2.17. The first-order valence-electron chi connectivity index (χ1n) is 4.07. The summed E-state index contributed by atoms with van der Waals surface area (Å²) in [5.74, 6) is 0.234. The van der Waals surface area contributed by atoms with Crippen molar-refractivity contribution >= 4 is 27.4 Å². The fraction of sp³-hybridized carbons (Fsp3) is 0.100. The van der Waals surface area contributed by atoms with Gasteiger partial charge in [-0.3, -0.25) is 0 Å². The maximum Gasteiger partial charge on any atom is 0.337 e. The molecule has 1 aromatic carbocycles. The molecule has 0 unspecified atom stereocenters. The van der Waals surface area contributed by atoms with E-state index < -0.39 is 21.6 Å². The maximum absolute atomic E-state index is 11.5. The molecule has 84 valence electrons. The molecule has 1 N–H and O–H groups in total. The van der Waals surface area contributed by atoms with Crippen LogP contribution in [0.15, 0.2) is 23.1 Å². The van der Waals surface area contributed by atoms with Crippen molar-refractivity contribution in [2.24, 2.45) is 0 Å². The zero-order valence-electron chi connectivity index (χ0n) is 7.97. The highest BCUT2D eigenvalue weighted by Gasteiger charge is 2.17. The SMILES string of the molecule is C#CCS(=O)(=O)c1ccc(Cl)c(C(=O)O)c1. The standard InChI is InChI=1S/C10H7ClO4S/c1-2-5-16(14,15)7-3-4-9(11)8(6-7)10(12)13/h1,3-4,6H,5H2,(H,12,13). The van der Waals surface area contributed by atoms with Crippen LogP contribution in [0.3, 0.4) is 0 Å². The van der Waals surface area contributed by atoms with Gasteiger partial charge < -0.3 is 5.11 Å². The number of benzene rings is 1. The number of terminal acetylenes is 1. The van der Waals surface area contributed by atoms with E-state index in [4.69, 9.17) is 23.1 Å². The van der Waals surface area contributed by atoms with Crippen molar-refractivity contribution in [1.82, 2.24) is 0 Å². The molecule has 4 nitrogen and oxygen atoms in total. The summed E-state index contributed by atoms with van der Waals surface area (Å²) in [4.78, 5) is 10.6. The highest BCUT2D eigenvalue weighted by atomic mass is 35.5. The number of rotatable bonds is 3. The fourth-order valence-corrected chi connectivity index (χ4v) is 2.21. The summed E-state index contributed by atoms with van der Waals surface area (Å²) in [5, 5.41) is 8.74. The van der Waals surface area contributed by atoms with E-state index in [2.05, 4.69) is 0 Å². The summed E-state index contributed by atoms with van der Waals surface area (Å²) < 4.78 is 23.1. The summed E-state index contributed by atoms with van der Waals surface area (Å²) in [5.41, 5.74) is -0.264. The van der Waals surface area contributed by atoms with Crippen LogP contribution < -0.4 is 0 Å². The summed E-state index contributed by atoms with van der Waals surface area (Å²) in [6, 6.07) is 3.44. The van der Waals surface area contributed by atoms with E-state index in [1.165, 1.54) is 12.1 Å². The van der Waals surface area contributed by atoms with E-state index in [9.17, 15) is 13.2 Å². The molecular weight excluding hydrogens is 252 g/mol. The van der Waals surface area contributed by atoms with Crippen molar-refractivity contribution in [1.29, 1.82) is 0 Å². The number of halogens is 1. The summed E-state index contributed by atoms with van der Waals surface area (Å²) in [6.07, 6.45) is 4.91. The van der Waals surface area contributed by atoms with E-state index in [0.29, 0.717) is 0 Å². The van der Waals surface area contributed by atoms with Crippen LogP contribution in [0.4, 0.5) is 0 Å². The molecule has 0 fully saturated rings. The molecule has 0 amide bonds. The fourth-order valence-electron chi connectivity index (χ4n) is 1.05. The van der Waals surface area contributed by atoms with Gasteiger partial charge in [0.25, 0.3) is 0 Å². The van der Waals surface area contributed by atoms with Gasteiger partial charge in [-0.15, -0.1) is 6.42 Å². The van der Waals surface area contributed by atoms with Crippen molar-refractivity contribution in [2.75, 3.05) is 5.75 Å². The average molecular weight is 259 g/mol. The molecule has 0 saturated heterocycles. The van der Waals surface area contributed by atoms with E-state index in [0.717, 1.165) is 6.07 Å². The number of carboxylic acids is 1. The van der Waals surface area contributed by atoms with Crippen LogP contribution in [0.2, 0.25) is 5.02 Å². The molecular formula is C10H7ClO4S. The first-order valence-corrected chi connectivity index (χ1v) is 6.10. The minimum absolute atomic E-state index is 0.0212. The van der Waals surface area contributed by atoms with Crippen LogP contribution in [0, 0.1) is 12.3 Å². The molecule has 0 saturated carbocycles. The molecule has 0 atom stereocenters. The second-order valence-corrected chi connectivity index (χ2v) is 5.31. The third-order valence-electron chi connectivity index (χ3n) is 1.80. The second-order valence-electron chi connectivity index (χ2n) is 2.91. The summed E-state index contributed by atoms with van der Waals surface area (Å²) >= 11 is 5.60. The lowest BCUT2D eigenvalue weighted by Crippen LogP contribution is -2.07. The lowest BCUT2D eigenvalue weighted by Gasteiger charge is -2.03. The van der Waals surface area contributed by atoms with Crippen LogP contribution in [-0.4, -0.2) is 25.2 Å². The molecule has 16 heavy (non-hydrogen) atoms. The van der Waals surface area contributed by atoms with Crippen LogP contribution in [-0.2, 0) is 9.84 Å². The Morgan fingerprint density at radius 2 is 2.12 bits per heavy atom. The monoisotopic (exact) mass is 258 g/mol. The third-order valence-corrected chi connectivity index (χ3v) is 3.65. The molecule has 0 spiro atoms. The summed E-state index contributed by atoms with van der Waals surface area (Å²) in [6.45, 7) is 0. The van der Waals surface area contributed by atoms with Crippen LogP contribution in [0.1, 0.15) is 10.4 Å². The van der Waals surface area contributed by atoms with E-state index in [-0.39, 0.29) is 15.5 Å². The Balaban J connectivity index is 3.35. The minimum atomic E-state index is -3.64. The van der Waals surface area contributed by atoms with Crippen molar-refractivity contribution in [3.8, 4) is 12.3 Å². The van der Waals surface area contributed by atoms with Crippen LogP contribution >= 0.6 is 11.6 Å². The molecule has 0 radical (unpaired) electrons.